The van der Waals surface area contributed by atoms with Gasteiger partial charge in [0.1, 0.15) is 18.1 Å². The highest BCUT2D eigenvalue weighted by Gasteiger charge is 2.18. The van der Waals surface area contributed by atoms with E-state index in [4.69, 9.17) is 4.74 Å². The van der Waals surface area contributed by atoms with Gasteiger partial charge < -0.3 is 9.64 Å². The second kappa shape index (κ2) is 8.35. The number of hydrogen-bond donors (Lipinski definition) is 1. The van der Waals surface area contributed by atoms with E-state index >= 15 is 0 Å². The van der Waals surface area contributed by atoms with Crippen molar-refractivity contribution >= 4 is 21.7 Å². The smallest absolute Gasteiger partial charge is 0.236 e. The third kappa shape index (κ3) is 5.32. The SMILES string of the molecule is CC1CCN(c2ncc(NS(=O)(=O)CCOc3ccccc3)cn2)CC1. The highest BCUT2D eigenvalue weighted by molar-refractivity contribution is 7.92. The summed E-state index contributed by atoms with van der Waals surface area (Å²) in [4.78, 5) is 10.7. The molecular weight excluding hydrogens is 352 g/mol. The van der Waals surface area contributed by atoms with Crippen molar-refractivity contribution in [2.75, 3.05) is 35.1 Å². The molecule has 0 unspecified atom stereocenters. The number of piperidine rings is 1. The minimum Gasteiger partial charge on any atom is -0.492 e. The standard InChI is InChI=1S/C18H24N4O3S/c1-15-7-9-22(10-8-15)18-19-13-16(14-20-18)21-26(23,24)12-11-25-17-5-3-2-4-6-17/h2-6,13-15,21H,7-12H2,1H3. The molecule has 1 aromatic carbocycles. The number of hydrogen-bond acceptors (Lipinski definition) is 6. The number of anilines is 2. The van der Waals surface area contributed by atoms with Gasteiger partial charge in [0.15, 0.2) is 0 Å². The number of rotatable bonds is 7. The molecule has 7 nitrogen and oxygen atoms in total. The fourth-order valence-corrected chi connectivity index (χ4v) is 3.63. The van der Waals surface area contributed by atoms with Crippen molar-refractivity contribution in [2.45, 2.75) is 19.8 Å². The number of aromatic nitrogens is 2. The van der Waals surface area contributed by atoms with Crippen LogP contribution in [-0.2, 0) is 10.0 Å². The Bertz CT molecular complexity index is 789. The molecule has 0 atom stereocenters. The van der Waals surface area contributed by atoms with Gasteiger partial charge in [0, 0.05) is 13.1 Å². The predicted octanol–water partition coefficient (Wildman–Crippen LogP) is 2.53. The van der Waals surface area contributed by atoms with Gasteiger partial charge in [-0.15, -0.1) is 0 Å². The molecule has 8 heteroatoms. The van der Waals surface area contributed by atoms with Crippen LogP contribution in [0.2, 0.25) is 0 Å². The molecule has 1 saturated heterocycles. The molecule has 1 N–H and O–H groups in total. The van der Waals surface area contributed by atoms with Gasteiger partial charge in [-0.3, -0.25) is 4.72 Å². The molecule has 0 saturated carbocycles. The monoisotopic (exact) mass is 376 g/mol. The first-order chi connectivity index (χ1) is 12.5. The molecule has 0 aliphatic carbocycles. The fourth-order valence-electron chi connectivity index (χ4n) is 2.76. The lowest BCUT2D eigenvalue weighted by Crippen LogP contribution is -2.34. The third-order valence-electron chi connectivity index (χ3n) is 4.34. The zero-order valence-electron chi connectivity index (χ0n) is 14.8. The lowest BCUT2D eigenvalue weighted by atomic mass is 10.00. The van der Waals surface area contributed by atoms with Crippen molar-refractivity contribution in [2.24, 2.45) is 5.92 Å². The Labute approximate surface area is 154 Å². The quantitative estimate of drug-likeness (QED) is 0.799. The van der Waals surface area contributed by atoms with E-state index in [1.165, 1.54) is 12.4 Å². The molecular formula is C18H24N4O3S. The Morgan fingerprint density at radius 1 is 1.15 bits per heavy atom. The minimum atomic E-state index is -3.52. The number of benzene rings is 1. The number of para-hydroxylation sites is 1. The van der Waals surface area contributed by atoms with Gasteiger partial charge in [0.25, 0.3) is 0 Å². The topological polar surface area (TPSA) is 84.4 Å². The third-order valence-corrected chi connectivity index (χ3v) is 5.59. The molecule has 140 valence electrons. The average molecular weight is 376 g/mol. The van der Waals surface area contributed by atoms with Crippen molar-refractivity contribution in [1.29, 1.82) is 0 Å². The van der Waals surface area contributed by atoms with Crippen LogP contribution in [0, 0.1) is 5.92 Å². The molecule has 1 aliphatic rings. The summed E-state index contributed by atoms with van der Waals surface area (Å²) in [6, 6.07) is 9.12. The van der Waals surface area contributed by atoms with E-state index in [9.17, 15) is 8.42 Å². The Balaban J connectivity index is 1.51. The second-order valence-electron chi connectivity index (χ2n) is 6.52. The summed E-state index contributed by atoms with van der Waals surface area (Å²) in [6.07, 6.45) is 5.27. The molecule has 0 radical (unpaired) electrons. The van der Waals surface area contributed by atoms with Crippen LogP contribution < -0.4 is 14.4 Å². The predicted molar refractivity (Wildman–Crippen MR) is 102 cm³/mol. The number of nitrogens with zero attached hydrogens (tertiary/aromatic N) is 3. The van der Waals surface area contributed by atoms with Crippen LogP contribution in [0.5, 0.6) is 5.75 Å². The molecule has 1 aromatic heterocycles. The molecule has 1 aliphatic heterocycles. The van der Waals surface area contributed by atoms with Crippen molar-refractivity contribution in [3.8, 4) is 5.75 Å². The van der Waals surface area contributed by atoms with Gasteiger partial charge in [-0.2, -0.15) is 0 Å². The highest BCUT2D eigenvalue weighted by Crippen LogP contribution is 2.20. The van der Waals surface area contributed by atoms with E-state index in [0.29, 0.717) is 17.4 Å². The summed E-state index contributed by atoms with van der Waals surface area (Å²) in [5.41, 5.74) is 0.360. The van der Waals surface area contributed by atoms with Gasteiger partial charge in [-0.1, -0.05) is 25.1 Å². The van der Waals surface area contributed by atoms with Crippen LogP contribution in [0.15, 0.2) is 42.7 Å². The molecule has 3 rings (SSSR count). The maximum absolute atomic E-state index is 12.2. The van der Waals surface area contributed by atoms with E-state index in [2.05, 4.69) is 26.5 Å². The van der Waals surface area contributed by atoms with Crippen molar-refractivity contribution in [1.82, 2.24) is 9.97 Å². The van der Waals surface area contributed by atoms with E-state index in [-0.39, 0.29) is 12.4 Å². The Hall–Kier alpha value is -2.35. The molecule has 0 amide bonds. The van der Waals surface area contributed by atoms with Gasteiger partial charge in [0.2, 0.25) is 16.0 Å². The summed E-state index contributed by atoms with van der Waals surface area (Å²) in [5.74, 6) is 1.88. The van der Waals surface area contributed by atoms with Gasteiger partial charge in [0.05, 0.1) is 18.1 Å². The molecule has 2 heterocycles. The zero-order chi connectivity index (χ0) is 18.4. The summed E-state index contributed by atoms with van der Waals surface area (Å²) < 4.78 is 32.2. The molecule has 0 spiro atoms. The van der Waals surface area contributed by atoms with E-state index < -0.39 is 10.0 Å². The first kappa shape index (κ1) is 18.4. The lowest BCUT2D eigenvalue weighted by Gasteiger charge is -2.30. The van der Waals surface area contributed by atoms with Gasteiger partial charge in [-0.05, 0) is 30.9 Å². The second-order valence-corrected chi connectivity index (χ2v) is 8.37. The van der Waals surface area contributed by atoms with E-state index in [1.807, 2.05) is 18.2 Å². The molecule has 0 bridgehead atoms. The normalized spacial score (nSPS) is 15.7. The first-order valence-electron chi connectivity index (χ1n) is 8.77. The summed E-state index contributed by atoms with van der Waals surface area (Å²) in [5, 5.41) is 0. The Morgan fingerprint density at radius 2 is 1.81 bits per heavy atom. The number of sulfonamides is 1. The van der Waals surface area contributed by atoms with E-state index in [0.717, 1.165) is 31.8 Å². The minimum absolute atomic E-state index is 0.0737. The van der Waals surface area contributed by atoms with Crippen molar-refractivity contribution in [3.63, 3.8) is 0 Å². The Morgan fingerprint density at radius 3 is 2.46 bits per heavy atom. The van der Waals surface area contributed by atoms with Gasteiger partial charge >= 0.3 is 0 Å². The highest BCUT2D eigenvalue weighted by atomic mass is 32.2. The van der Waals surface area contributed by atoms with Crippen LogP contribution in [0.25, 0.3) is 0 Å². The van der Waals surface area contributed by atoms with Crippen LogP contribution in [0.3, 0.4) is 0 Å². The first-order valence-corrected chi connectivity index (χ1v) is 10.4. The molecule has 26 heavy (non-hydrogen) atoms. The zero-order valence-corrected chi connectivity index (χ0v) is 15.7. The Kier molecular flexibility index (Phi) is 5.92. The van der Waals surface area contributed by atoms with Crippen molar-refractivity contribution < 1.29 is 13.2 Å². The number of ether oxygens (including phenoxy) is 1. The maximum Gasteiger partial charge on any atom is 0.236 e. The number of nitrogens with one attached hydrogen (secondary N) is 1. The molecule has 1 fully saturated rings. The maximum atomic E-state index is 12.2. The largest absolute Gasteiger partial charge is 0.492 e. The van der Waals surface area contributed by atoms with Gasteiger partial charge in [-0.25, -0.2) is 18.4 Å². The fraction of sp³-hybridized carbons (Fsp3) is 0.444. The van der Waals surface area contributed by atoms with Crippen molar-refractivity contribution in [3.05, 3.63) is 42.7 Å². The summed E-state index contributed by atoms with van der Waals surface area (Å²) in [7, 11) is -3.52. The summed E-state index contributed by atoms with van der Waals surface area (Å²) in [6.45, 7) is 4.19. The summed E-state index contributed by atoms with van der Waals surface area (Å²) >= 11 is 0. The lowest BCUT2D eigenvalue weighted by molar-refractivity contribution is 0.341. The van der Waals surface area contributed by atoms with Crippen LogP contribution in [0.4, 0.5) is 11.6 Å². The van der Waals surface area contributed by atoms with E-state index in [1.54, 1.807) is 12.1 Å². The van der Waals surface area contributed by atoms with Crippen LogP contribution in [-0.4, -0.2) is 43.8 Å². The molecule has 2 aromatic rings. The average Bonchev–Trinajstić information content (AvgIpc) is 2.63. The van der Waals surface area contributed by atoms with Crippen LogP contribution >= 0.6 is 0 Å². The van der Waals surface area contributed by atoms with Crippen LogP contribution in [0.1, 0.15) is 19.8 Å².